The maximum Gasteiger partial charge on any atom is 0.318 e. The van der Waals surface area contributed by atoms with Gasteiger partial charge in [0, 0.05) is 6.42 Å². The van der Waals surface area contributed by atoms with E-state index in [9.17, 15) is 9.59 Å². The molecule has 2 aliphatic rings. The highest BCUT2D eigenvalue weighted by Crippen LogP contribution is 2.48. The number of methoxy groups -OCH3 is 1. The van der Waals surface area contributed by atoms with E-state index in [0.717, 1.165) is 18.4 Å². The van der Waals surface area contributed by atoms with Gasteiger partial charge in [-0.3, -0.25) is 9.59 Å². The first kappa shape index (κ1) is 12.4. The molecule has 3 rings (SSSR count). The lowest BCUT2D eigenvalue weighted by atomic mass is 9.84. The Kier molecular flexibility index (Phi) is 2.90. The van der Waals surface area contributed by atoms with Crippen LogP contribution in [0.5, 0.6) is 0 Å². The van der Waals surface area contributed by atoms with Crippen LogP contribution in [0.25, 0.3) is 0 Å². The number of ketones is 1. The minimum atomic E-state index is -0.746. The molecule has 0 aliphatic carbocycles. The summed E-state index contributed by atoms with van der Waals surface area (Å²) in [5, 5.41) is 0. The van der Waals surface area contributed by atoms with Gasteiger partial charge in [0.1, 0.15) is 11.5 Å². The summed E-state index contributed by atoms with van der Waals surface area (Å²) >= 11 is 0. The molecule has 1 aromatic carbocycles. The van der Waals surface area contributed by atoms with E-state index in [0.29, 0.717) is 0 Å². The molecule has 3 atom stereocenters. The molecule has 2 aliphatic heterocycles. The van der Waals surface area contributed by atoms with Crippen molar-refractivity contribution in [2.75, 3.05) is 7.11 Å². The van der Waals surface area contributed by atoms with Gasteiger partial charge in [-0.15, -0.1) is 0 Å². The van der Waals surface area contributed by atoms with Crippen LogP contribution >= 0.6 is 0 Å². The van der Waals surface area contributed by atoms with Gasteiger partial charge in [-0.2, -0.15) is 0 Å². The van der Waals surface area contributed by atoms with Crippen LogP contribution in [0.3, 0.4) is 0 Å². The van der Waals surface area contributed by atoms with Crippen molar-refractivity contribution in [3.8, 4) is 0 Å². The fourth-order valence-electron chi connectivity index (χ4n) is 3.21. The number of carbonyl (C=O) groups is 2. The third-order valence-electron chi connectivity index (χ3n) is 4.14. The molecule has 2 fully saturated rings. The maximum atomic E-state index is 12.3. The molecule has 100 valence electrons. The number of hydrogen-bond acceptors (Lipinski definition) is 4. The molecule has 0 saturated carbocycles. The molecule has 0 amide bonds. The fraction of sp³-hybridized carbons (Fsp3) is 0.467. The van der Waals surface area contributed by atoms with E-state index in [-0.39, 0.29) is 18.3 Å². The van der Waals surface area contributed by atoms with Crippen LogP contribution in [-0.2, 0) is 24.7 Å². The van der Waals surface area contributed by atoms with Gasteiger partial charge in [0.15, 0.2) is 5.78 Å². The van der Waals surface area contributed by atoms with Crippen molar-refractivity contribution in [2.45, 2.75) is 31.0 Å². The second-order valence-corrected chi connectivity index (χ2v) is 5.20. The monoisotopic (exact) mass is 260 g/mol. The molecule has 2 heterocycles. The molecular formula is C15H16O4. The Morgan fingerprint density at radius 3 is 2.79 bits per heavy atom. The molecule has 0 spiro atoms. The van der Waals surface area contributed by atoms with Gasteiger partial charge in [-0.05, 0) is 18.4 Å². The van der Waals surface area contributed by atoms with Gasteiger partial charge < -0.3 is 9.47 Å². The van der Waals surface area contributed by atoms with Crippen molar-refractivity contribution in [1.82, 2.24) is 0 Å². The first-order chi connectivity index (χ1) is 9.16. The average Bonchev–Trinajstić information content (AvgIpc) is 2.79. The smallest absolute Gasteiger partial charge is 0.318 e. The molecule has 4 heteroatoms. The summed E-state index contributed by atoms with van der Waals surface area (Å²) in [7, 11) is 1.31. The van der Waals surface area contributed by atoms with Crippen molar-refractivity contribution in [3.05, 3.63) is 35.9 Å². The first-order valence-corrected chi connectivity index (χ1v) is 6.50. The molecule has 1 aromatic rings. The zero-order valence-corrected chi connectivity index (χ0v) is 10.8. The number of ether oxygens (including phenoxy) is 2. The summed E-state index contributed by atoms with van der Waals surface area (Å²) in [6, 6.07) is 9.78. The highest BCUT2D eigenvalue weighted by atomic mass is 16.5. The molecule has 19 heavy (non-hydrogen) atoms. The van der Waals surface area contributed by atoms with Crippen LogP contribution in [0.15, 0.2) is 30.3 Å². The van der Waals surface area contributed by atoms with Crippen molar-refractivity contribution in [2.24, 2.45) is 5.92 Å². The zero-order chi connectivity index (χ0) is 13.5. The van der Waals surface area contributed by atoms with E-state index < -0.39 is 17.5 Å². The average molecular weight is 260 g/mol. The summed E-state index contributed by atoms with van der Waals surface area (Å²) in [5.41, 5.74) is 0.488. The Hall–Kier alpha value is -1.68. The number of carbonyl (C=O) groups excluding carboxylic acids is 2. The third kappa shape index (κ3) is 1.87. The van der Waals surface area contributed by atoms with E-state index in [2.05, 4.69) is 0 Å². The van der Waals surface area contributed by atoms with E-state index in [1.165, 1.54) is 7.11 Å². The van der Waals surface area contributed by atoms with E-state index in [1.54, 1.807) is 0 Å². The quantitative estimate of drug-likeness (QED) is 0.601. The van der Waals surface area contributed by atoms with Crippen LogP contribution in [0.2, 0.25) is 0 Å². The predicted octanol–water partition coefficient (Wildman–Crippen LogP) is 1.82. The first-order valence-electron chi connectivity index (χ1n) is 6.50. The molecule has 0 aromatic heterocycles. The number of hydrogen-bond donors (Lipinski definition) is 0. The van der Waals surface area contributed by atoms with E-state index in [1.807, 2.05) is 30.3 Å². The number of rotatable bonds is 2. The minimum Gasteiger partial charge on any atom is -0.468 e. The number of Topliss-reactive ketones (excluding diaryl/α,β-unsaturated/α-hetero) is 1. The minimum absolute atomic E-state index is 0.0653. The van der Waals surface area contributed by atoms with Gasteiger partial charge >= 0.3 is 5.97 Å². The molecular weight excluding hydrogens is 244 g/mol. The summed E-state index contributed by atoms with van der Waals surface area (Å²) in [4.78, 5) is 23.9. The van der Waals surface area contributed by atoms with Crippen molar-refractivity contribution in [1.29, 1.82) is 0 Å². The highest BCUT2D eigenvalue weighted by Gasteiger charge is 2.55. The summed E-state index contributed by atoms with van der Waals surface area (Å²) < 4.78 is 10.8. The second kappa shape index (κ2) is 4.46. The summed E-state index contributed by atoms with van der Waals surface area (Å²) in [6.45, 7) is 0. The topological polar surface area (TPSA) is 52.6 Å². The predicted molar refractivity (Wildman–Crippen MR) is 67.4 cm³/mol. The highest BCUT2D eigenvalue weighted by molar-refractivity contribution is 6.01. The molecule has 4 nitrogen and oxygen atoms in total. The number of fused-ring (bicyclic) bond motifs is 2. The van der Waals surface area contributed by atoms with Crippen molar-refractivity contribution < 1.29 is 19.1 Å². The standard InChI is InChI=1S/C15H16O4/c1-18-14(17)13-11(16)9-15(8-7-12(13)19-15)10-5-3-2-4-6-10/h2-6,12-13H,7-9H2,1H3/t12-,13+,15+/m1/s1. The summed E-state index contributed by atoms with van der Waals surface area (Å²) in [6.07, 6.45) is 1.42. The van der Waals surface area contributed by atoms with Crippen LogP contribution in [0, 0.1) is 5.92 Å². The summed E-state index contributed by atoms with van der Waals surface area (Å²) in [5.74, 6) is -1.28. The molecule has 0 radical (unpaired) electrons. The Bertz CT molecular complexity index is 510. The van der Waals surface area contributed by atoms with E-state index in [4.69, 9.17) is 9.47 Å². The molecule has 2 bridgehead atoms. The largest absolute Gasteiger partial charge is 0.468 e. The van der Waals surface area contributed by atoms with Crippen LogP contribution in [-0.4, -0.2) is 25.0 Å². The molecule has 0 unspecified atom stereocenters. The third-order valence-corrected chi connectivity index (χ3v) is 4.14. The van der Waals surface area contributed by atoms with Crippen LogP contribution < -0.4 is 0 Å². The van der Waals surface area contributed by atoms with Gasteiger partial charge in [0.25, 0.3) is 0 Å². The molecule has 2 saturated heterocycles. The zero-order valence-electron chi connectivity index (χ0n) is 10.8. The molecule has 0 N–H and O–H groups in total. The van der Waals surface area contributed by atoms with Crippen molar-refractivity contribution >= 4 is 11.8 Å². The van der Waals surface area contributed by atoms with Gasteiger partial charge in [0.05, 0.1) is 13.2 Å². The Morgan fingerprint density at radius 2 is 2.11 bits per heavy atom. The normalized spacial score (nSPS) is 33.2. The Balaban J connectivity index is 1.92. The van der Waals surface area contributed by atoms with Crippen LogP contribution in [0.4, 0.5) is 0 Å². The lowest BCUT2D eigenvalue weighted by molar-refractivity contribution is -0.170. The lowest BCUT2D eigenvalue weighted by Crippen LogP contribution is -2.45. The van der Waals surface area contributed by atoms with Gasteiger partial charge in [-0.1, -0.05) is 30.3 Å². The second-order valence-electron chi connectivity index (χ2n) is 5.20. The lowest BCUT2D eigenvalue weighted by Gasteiger charge is -2.36. The number of esters is 1. The van der Waals surface area contributed by atoms with Crippen LogP contribution in [0.1, 0.15) is 24.8 Å². The van der Waals surface area contributed by atoms with E-state index >= 15 is 0 Å². The van der Waals surface area contributed by atoms with Crippen molar-refractivity contribution in [3.63, 3.8) is 0 Å². The SMILES string of the molecule is COC(=O)[C@H]1C(=O)C[C@]2(c3ccccc3)CC[C@H]1O2. The van der Waals surface area contributed by atoms with Gasteiger partial charge in [-0.25, -0.2) is 0 Å². The Labute approximate surface area is 111 Å². The van der Waals surface area contributed by atoms with Gasteiger partial charge in [0.2, 0.25) is 0 Å². The maximum absolute atomic E-state index is 12.3. The fourth-order valence-corrected chi connectivity index (χ4v) is 3.21. The Morgan fingerprint density at radius 1 is 1.37 bits per heavy atom. The number of benzene rings is 1.